The highest BCUT2D eigenvalue weighted by molar-refractivity contribution is 14.1. The summed E-state index contributed by atoms with van der Waals surface area (Å²) < 4.78 is 17.1. The number of allylic oxidation sites excluding steroid dienone is 2. The van der Waals surface area contributed by atoms with E-state index in [0.717, 1.165) is 27.5 Å². The van der Waals surface area contributed by atoms with Crippen LogP contribution in [0, 0.1) is 0 Å². The molecule has 2 aromatic rings. The zero-order valence-corrected chi connectivity index (χ0v) is 18.0. The van der Waals surface area contributed by atoms with Crippen LogP contribution in [0.15, 0.2) is 64.4 Å². The Morgan fingerprint density at radius 3 is 2.71 bits per heavy atom. The molecule has 1 saturated heterocycles. The van der Waals surface area contributed by atoms with Gasteiger partial charge in [-0.3, -0.25) is 4.79 Å². The summed E-state index contributed by atoms with van der Waals surface area (Å²) in [7, 11) is 0. The number of halogens is 1. The van der Waals surface area contributed by atoms with Crippen LogP contribution >= 0.6 is 34.4 Å². The number of anilines is 1. The maximum atomic E-state index is 12.4. The average molecular weight is 507 g/mol. The van der Waals surface area contributed by atoms with Crippen molar-refractivity contribution in [3.8, 4) is 5.75 Å². The zero-order valence-electron chi connectivity index (χ0n) is 15.1. The Hall–Kier alpha value is -1.81. The number of carbonyl (C=O) groups excluding carboxylic acids is 1. The summed E-state index contributed by atoms with van der Waals surface area (Å²) in [5.74, 6) is 0.726. The number of fused-ring (bicyclic) bond motifs is 1. The van der Waals surface area contributed by atoms with Gasteiger partial charge in [0.1, 0.15) is 10.4 Å². The number of ether oxygens (including phenoxy) is 3. The SMILES string of the molecule is CC1OC(c2ccc3c(c2)NC(=O)C(=CC=Cc2ccc(OCI)cc2)S3)O1. The molecule has 0 bridgehead atoms. The van der Waals surface area contributed by atoms with E-state index in [-0.39, 0.29) is 18.5 Å². The lowest BCUT2D eigenvalue weighted by Crippen LogP contribution is -2.31. The van der Waals surface area contributed by atoms with Gasteiger partial charge in [-0.2, -0.15) is 0 Å². The molecule has 2 aliphatic rings. The number of thioether (sulfide) groups is 1. The number of amides is 1. The summed E-state index contributed by atoms with van der Waals surface area (Å²) in [6, 6.07) is 13.7. The standard InChI is InChI=1S/C21H18INO4S/c1-13-26-21(27-13)15-7-10-18-17(11-15)23-20(24)19(28-18)4-2-3-14-5-8-16(9-6-14)25-12-22/h2-11,13,21H,12H2,1H3,(H,23,24). The van der Waals surface area contributed by atoms with E-state index in [1.54, 1.807) is 0 Å². The Bertz CT molecular complexity index is 936. The zero-order chi connectivity index (χ0) is 19.5. The molecule has 0 saturated carbocycles. The maximum absolute atomic E-state index is 12.4. The van der Waals surface area contributed by atoms with E-state index in [9.17, 15) is 4.79 Å². The Morgan fingerprint density at radius 2 is 2.00 bits per heavy atom. The third-order valence-corrected chi connectivity index (χ3v) is 5.66. The second-order valence-corrected chi connectivity index (χ2v) is 7.90. The molecule has 0 radical (unpaired) electrons. The van der Waals surface area contributed by atoms with Gasteiger partial charge in [0.15, 0.2) is 12.6 Å². The number of hydrogen-bond donors (Lipinski definition) is 1. The number of hydrogen-bond acceptors (Lipinski definition) is 5. The van der Waals surface area contributed by atoms with Crippen LogP contribution in [0.2, 0.25) is 0 Å². The Morgan fingerprint density at radius 1 is 1.21 bits per heavy atom. The molecule has 0 atom stereocenters. The lowest BCUT2D eigenvalue weighted by molar-refractivity contribution is -0.382. The van der Waals surface area contributed by atoms with Gasteiger partial charge >= 0.3 is 0 Å². The summed E-state index contributed by atoms with van der Waals surface area (Å²) in [4.78, 5) is 14.1. The van der Waals surface area contributed by atoms with E-state index < -0.39 is 0 Å². The van der Waals surface area contributed by atoms with Crippen molar-refractivity contribution in [1.29, 1.82) is 0 Å². The van der Waals surface area contributed by atoms with E-state index >= 15 is 0 Å². The molecule has 1 N–H and O–H groups in total. The maximum Gasteiger partial charge on any atom is 0.262 e. The van der Waals surface area contributed by atoms with E-state index in [4.69, 9.17) is 14.2 Å². The molecule has 1 amide bonds. The van der Waals surface area contributed by atoms with Gasteiger partial charge in [0, 0.05) is 10.5 Å². The molecular weight excluding hydrogens is 489 g/mol. The van der Waals surface area contributed by atoms with E-state index in [1.165, 1.54) is 11.8 Å². The van der Waals surface area contributed by atoms with Crippen molar-refractivity contribution >= 4 is 52.0 Å². The first-order valence-electron chi connectivity index (χ1n) is 8.73. The van der Waals surface area contributed by atoms with E-state index in [0.29, 0.717) is 9.52 Å². The van der Waals surface area contributed by atoms with E-state index in [2.05, 4.69) is 27.9 Å². The first-order chi connectivity index (χ1) is 13.6. The van der Waals surface area contributed by atoms with Crippen molar-refractivity contribution in [2.45, 2.75) is 24.4 Å². The van der Waals surface area contributed by atoms with Crippen LogP contribution in [0.1, 0.15) is 24.3 Å². The van der Waals surface area contributed by atoms with Crippen molar-refractivity contribution < 1.29 is 19.0 Å². The Balaban J connectivity index is 1.44. The summed E-state index contributed by atoms with van der Waals surface area (Å²) in [5, 5.41) is 2.94. The third kappa shape index (κ3) is 4.43. The number of carbonyl (C=O) groups is 1. The predicted octanol–water partition coefficient (Wildman–Crippen LogP) is 5.49. The lowest BCUT2D eigenvalue weighted by atomic mass is 10.1. The molecule has 0 spiro atoms. The van der Waals surface area contributed by atoms with Gasteiger partial charge in [0.2, 0.25) is 0 Å². The first kappa shape index (κ1) is 19.5. The topological polar surface area (TPSA) is 56.8 Å². The number of alkyl halides is 1. The van der Waals surface area contributed by atoms with Crippen molar-refractivity contribution in [2.75, 3.05) is 9.93 Å². The van der Waals surface area contributed by atoms with Crippen molar-refractivity contribution in [3.63, 3.8) is 0 Å². The minimum absolute atomic E-state index is 0.117. The average Bonchev–Trinajstić information content (AvgIpc) is 2.67. The van der Waals surface area contributed by atoms with Crippen LogP contribution in [0.3, 0.4) is 0 Å². The smallest absolute Gasteiger partial charge is 0.262 e. The van der Waals surface area contributed by atoms with Crippen LogP contribution in [0.25, 0.3) is 6.08 Å². The third-order valence-electron chi connectivity index (χ3n) is 4.24. The molecule has 0 aliphatic carbocycles. The van der Waals surface area contributed by atoms with Crippen molar-refractivity contribution in [3.05, 3.63) is 70.6 Å². The summed E-state index contributed by atoms with van der Waals surface area (Å²) >= 11 is 3.61. The number of benzene rings is 2. The minimum Gasteiger partial charge on any atom is -0.483 e. The highest BCUT2D eigenvalue weighted by Gasteiger charge is 2.30. The molecule has 0 aromatic heterocycles. The van der Waals surface area contributed by atoms with Crippen LogP contribution in [-0.2, 0) is 14.3 Å². The molecule has 0 unspecified atom stereocenters. The quantitative estimate of drug-likeness (QED) is 0.330. The minimum atomic E-state index is -0.351. The molecule has 28 heavy (non-hydrogen) atoms. The van der Waals surface area contributed by atoms with Gasteiger partial charge in [-0.1, -0.05) is 42.1 Å². The van der Waals surface area contributed by atoms with E-state index in [1.807, 2.05) is 67.6 Å². The van der Waals surface area contributed by atoms with Crippen LogP contribution < -0.4 is 10.1 Å². The fourth-order valence-electron chi connectivity index (χ4n) is 2.84. The van der Waals surface area contributed by atoms with Gasteiger partial charge in [0.25, 0.3) is 5.91 Å². The highest BCUT2D eigenvalue weighted by atomic mass is 127. The fraction of sp³-hybridized carbons (Fsp3) is 0.190. The summed E-state index contributed by atoms with van der Waals surface area (Å²) in [5.41, 5.74) is 2.73. The molecule has 4 rings (SSSR count). The lowest BCUT2D eigenvalue weighted by Gasteiger charge is -2.34. The molecule has 144 valence electrons. The largest absolute Gasteiger partial charge is 0.483 e. The molecule has 2 aliphatic heterocycles. The molecule has 5 nitrogen and oxygen atoms in total. The van der Waals surface area contributed by atoms with Gasteiger partial charge in [0.05, 0.1) is 10.6 Å². The molecule has 1 fully saturated rings. The second kappa shape index (κ2) is 8.69. The van der Waals surface area contributed by atoms with Crippen molar-refractivity contribution in [1.82, 2.24) is 0 Å². The summed E-state index contributed by atoms with van der Waals surface area (Å²) in [6.07, 6.45) is 5.13. The molecule has 2 aromatic carbocycles. The molecule has 7 heteroatoms. The van der Waals surface area contributed by atoms with Crippen molar-refractivity contribution in [2.24, 2.45) is 0 Å². The van der Waals surface area contributed by atoms with Gasteiger partial charge < -0.3 is 19.5 Å². The first-order valence-corrected chi connectivity index (χ1v) is 11.1. The normalized spacial score (nSPS) is 22.6. The Labute approximate surface area is 181 Å². The predicted molar refractivity (Wildman–Crippen MR) is 118 cm³/mol. The van der Waals surface area contributed by atoms with Gasteiger partial charge in [-0.15, -0.1) is 0 Å². The Kier molecular flexibility index (Phi) is 6.05. The van der Waals surface area contributed by atoms with Crippen LogP contribution in [0.4, 0.5) is 5.69 Å². The second-order valence-electron chi connectivity index (χ2n) is 6.20. The molecule has 2 heterocycles. The van der Waals surface area contributed by atoms with Gasteiger partial charge in [-0.05, 0) is 65.4 Å². The summed E-state index contributed by atoms with van der Waals surface area (Å²) in [6.45, 7) is 1.85. The number of rotatable bonds is 5. The van der Waals surface area contributed by atoms with Crippen LogP contribution in [0.5, 0.6) is 5.75 Å². The van der Waals surface area contributed by atoms with Crippen LogP contribution in [-0.4, -0.2) is 16.8 Å². The number of nitrogens with one attached hydrogen (secondary N) is 1. The fourth-order valence-corrected chi connectivity index (χ4v) is 4.08. The monoisotopic (exact) mass is 507 g/mol. The molecular formula is C21H18INO4S. The highest BCUT2D eigenvalue weighted by Crippen LogP contribution is 2.41. The van der Waals surface area contributed by atoms with Gasteiger partial charge in [-0.25, -0.2) is 0 Å².